The van der Waals surface area contributed by atoms with E-state index < -0.39 is 0 Å². The van der Waals surface area contributed by atoms with Gasteiger partial charge in [0.2, 0.25) is 5.91 Å². The number of ketones is 1. The van der Waals surface area contributed by atoms with Gasteiger partial charge in [-0.25, -0.2) is 0 Å². The zero-order valence-corrected chi connectivity index (χ0v) is 13.1. The molecule has 114 valence electrons. The summed E-state index contributed by atoms with van der Waals surface area (Å²) in [6, 6.07) is 13.0. The number of rotatable bonds is 5. The first-order valence-corrected chi connectivity index (χ1v) is 7.18. The number of hydrogen-bond donors (Lipinski definition) is 2. The second-order valence-electron chi connectivity index (χ2n) is 5.30. The molecule has 0 radical (unpaired) electrons. The molecule has 1 amide bonds. The Morgan fingerprint density at radius 1 is 0.955 bits per heavy atom. The highest BCUT2D eigenvalue weighted by molar-refractivity contribution is 5.96. The Bertz CT molecular complexity index is 670. The lowest BCUT2D eigenvalue weighted by molar-refractivity contribution is -0.114. The summed E-state index contributed by atoms with van der Waals surface area (Å²) in [5.74, 6) is -0.0765. The van der Waals surface area contributed by atoms with Gasteiger partial charge >= 0.3 is 0 Å². The highest BCUT2D eigenvalue weighted by Gasteiger charge is 2.07. The smallest absolute Gasteiger partial charge is 0.243 e. The zero-order chi connectivity index (χ0) is 16.1. The molecule has 0 aromatic heterocycles. The lowest BCUT2D eigenvalue weighted by atomic mass is 10.1. The Kier molecular flexibility index (Phi) is 4.94. The molecule has 0 aliphatic carbocycles. The summed E-state index contributed by atoms with van der Waals surface area (Å²) in [5.41, 5.74) is 4.41. The number of Topliss-reactive ketones (excluding diaryl/α,β-unsaturated/α-hetero) is 1. The summed E-state index contributed by atoms with van der Waals surface area (Å²) in [5, 5.41) is 5.97. The minimum atomic E-state index is -0.104. The van der Waals surface area contributed by atoms with Crippen molar-refractivity contribution in [2.45, 2.75) is 20.8 Å². The zero-order valence-electron chi connectivity index (χ0n) is 13.1. The highest BCUT2D eigenvalue weighted by Crippen LogP contribution is 2.19. The molecule has 22 heavy (non-hydrogen) atoms. The van der Waals surface area contributed by atoms with Gasteiger partial charge in [-0.2, -0.15) is 0 Å². The molecule has 2 N–H and O–H groups in total. The molecule has 0 aliphatic rings. The van der Waals surface area contributed by atoms with E-state index in [1.807, 2.05) is 32.0 Å². The fourth-order valence-electron chi connectivity index (χ4n) is 2.20. The van der Waals surface area contributed by atoms with Crippen LogP contribution in [0.5, 0.6) is 0 Å². The van der Waals surface area contributed by atoms with Crippen molar-refractivity contribution in [3.8, 4) is 0 Å². The van der Waals surface area contributed by atoms with E-state index in [1.165, 1.54) is 6.92 Å². The Balaban J connectivity index is 1.94. The molecular formula is C18H20N2O2. The summed E-state index contributed by atoms with van der Waals surface area (Å²) in [4.78, 5) is 23.2. The van der Waals surface area contributed by atoms with E-state index in [9.17, 15) is 9.59 Å². The third-order valence-corrected chi connectivity index (χ3v) is 3.49. The third-order valence-electron chi connectivity index (χ3n) is 3.49. The van der Waals surface area contributed by atoms with E-state index in [0.29, 0.717) is 5.56 Å². The molecule has 0 saturated carbocycles. The van der Waals surface area contributed by atoms with Crippen LogP contribution in [0.4, 0.5) is 11.4 Å². The van der Waals surface area contributed by atoms with E-state index >= 15 is 0 Å². The maximum atomic E-state index is 12.0. The molecule has 0 atom stereocenters. The van der Waals surface area contributed by atoms with Gasteiger partial charge in [-0.3, -0.25) is 9.59 Å². The van der Waals surface area contributed by atoms with Gasteiger partial charge in [0.15, 0.2) is 5.78 Å². The van der Waals surface area contributed by atoms with Crippen molar-refractivity contribution in [1.29, 1.82) is 0 Å². The number of carbonyl (C=O) groups is 2. The molecule has 2 rings (SSSR count). The molecule has 0 heterocycles. The second kappa shape index (κ2) is 6.89. The number of aryl methyl sites for hydroxylation is 2. The fraction of sp³-hybridized carbons (Fsp3) is 0.222. The normalized spacial score (nSPS) is 10.1. The Labute approximate surface area is 130 Å². The van der Waals surface area contributed by atoms with Crippen molar-refractivity contribution >= 4 is 23.1 Å². The molecule has 0 spiro atoms. The van der Waals surface area contributed by atoms with Crippen molar-refractivity contribution in [3.63, 3.8) is 0 Å². The van der Waals surface area contributed by atoms with E-state index in [-0.39, 0.29) is 18.2 Å². The van der Waals surface area contributed by atoms with Gasteiger partial charge in [0.25, 0.3) is 0 Å². The van der Waals surface area contributed by atoms with Crippen LogP contribution >= 0.6 is 0 Å². The number of anilines is 2. The lowest BCUT2D eigenvalue weighted by Gasteiger charge is -2.12. The van der Waals surface area contributed by atoms with Crippen LogP contribution in [0.1, 0.15) is 28.4 Å². The van der Waals surface area contributed by atoms with Crippen molar-refractivity contribution in [1.82, 2.24) is 0 Å². The Hall–Kier alpha value is -2.62. The summed E-state index contributed by atoms with van der Waals surface area (Å²) in [6.07, 6.45) is 0. The van der Waals surface area contributed by atoms with Crippen LogP contribution in [0.3, 0.4) is 0 Å². The first-order chi connectivity index (χ1) is 10.5. The number of benzene rings is 2. The van der Waals surface area contributed by atoms with E-state index in [2.05, 4.69) is 10.6 Å². The van der Waals surface area contributed by atoms with Gasteiger partial charge in [0, 0.05) is 16.9 Å². The van der Waals surface area contributed by atoms with Gasteiger partial charge < -0.3 is 10.6 Å². The van der Waals surface area contributed by atoms with E-state index in [0.717, 1.165) is 22.5 Å². The van der Waals surface area contributed by atoms with Crippen molar-refractivity contribution < 1.29 is 9.59 Å². The fourth-order valence-corrected chi connectivity index (χ4v) is 2.20. The average molecular weight is 296 g/mol. The maximum absolute atomic E-state index is 12.0. The summed E-state index contributed by atoms with van der Waals surface area (Å²) in [7, 11) is 0. The first kappa shape index (κ1) is 15.8. The molecule has 0 bridgehead atoms. The van der Waals surface area contributed by atoms with Crippen LogP contribution in [0, 0.1) is 13.8 Å². The van der Waals surface area contributed by atoms with E-state index in [4.69, 9.17) is 0 Å². The van der Waals surface area contributed by atoms with Gasteiger partial charge in [-0.15, -0.1) is 0 Å². The quantitative estimate of drug-likeness (QED) is 0.829. The lowest BCUT2D eigenvalue weighted by Crippen LogP contribution is -2.22. The minimum absolute atomic E-state index is 0.0271. The summed E-state index contributed by atoms with van der Waals surface area (Å²) < 4.78 is 0. The molecule has 0 saturated heterocycles. The van der Waals surface area contributed by atoms with Gasteiger partial charge in [0.1, 0.15) is 0 Å². The molecule has 0 aliphatic heterocycles. The summed E-state index contributed by atoms with van der Waals surface area (Å²) in [6.45, 7) is 5.64. The molecule has 4 heteroatoms. The predicted octanol–water partition coefficient (Wildman–Crippen LogP) is 3.56. The number of nitrogens with one attached hydrogen (secondary N) is 2. The number of hydrogen-bond acceptors (Lipinski definition) is 3. The largest absolute Gasteiger partial charge is 0.376 e. The summed E-state index contributed by atoms with van der Waals surface area (Å²) >= 11 is 0. The SMILES string of the molecule is CC(=O)c1ccc(NCC(=O)Nc2c(C)cccc2C)cc1. The molecule has 0 unspecified atom stereocenters. The van der Waals surface area contributed by atoms with Gasteiger partial charge in [-0.1, -0.05) is 18.2 Å². The first-order valence-electron chi connectivity index (χ1n) is 7.18. The van der Waals surface area contributed by atoms with Crippen molar-refractivity contribution in [2.75, 3.05) is 17.2 Å². The number of carbonyl (C=O) groups excluding carboxylic acids is 2. The Morgan fingerprint density at radius 3 is 2.09 bits per heavy atom. The molecule has 0 fully saturated rings. The monoisotopic (exact) mass is 296 g/mol. The van der Waals surface area contributed by atoms with Gasteiger partial charge in [-0.05, 0) is 56.2 Å². The van der Waals surface area contributed by atoms with Crippen molar-refractivity contribution in [2.24, 2.45) is 0 Å². The molecule has 2 aromatic carbocycles. The topological polar surface area (TPSA) is 58.2 Å². The number of amides is 1. The van der Waals surface area contributed by atoms with Crippen LogP contribution in [0.25, 0.3) is 0 Å². The van der Waals surface area contributed by atoms with Crippen LogP contribution in [-0.4, -0.2) is 18.2 Å². The van der Waals surface area contributed by atoms with Crippen LogP contribution in [-0.2, 0) is 4.79 Å². The van der Waals surface area contributed by atoms with Crippen molar-refractivity contribution in [3.05, 3.63) is 59.2 Å². The van der Waals surface area contributed by atoms with E-state index in [1.54, 1.807) is 24.3 Å². The number of para-hydroxylation sites is 1. The Morgan fingerprint density at radius 2 is 1.55 bits per heavy atom. The minimum Gasteiger partial charge on any atom is -0.376 e. The van der Waals surface area contributed by atoms with Crippen LogP contribution in [0.2, 0.25) is 0 Å². The maximum Gasteiger partial charge on any atom is 0.243 e. The van der Waals surface area contributed by atoms with Crippen LogP contribution in [0.15, 0.2) is 42.5 Å². The molecular weight excluding hydrogens is 276 g/mol. The highest BCUT2D eigenvalue weighted by atomic mass is 16.2. The van der Waals surface area contributed by atoms with Gasteiger partial charge in [0.05, 0.1) is 6.54 Å². The molecule has 2 aromatic rings. The third kappa shape index (κ3) is 3.95. The second-order valence-corrected chi connectivity index (χ2v) is 5.30. The molecule has 4 nitrogen and oxygen atoms in total. The average Bonchev–Trinajstić information content (AvgIpc) is 2.49. The standard InChI is InChI=1S/C18H20N2O2/c1-12-5-4-6-13(2)18(12)20-17(22)11-19-16-9-7-15(8-10-16)14(3)21/h4-10,19H,11H2,1-3H3,(H,20,22). The van der Waals surface area contributed by atoms with Crippen LogP contribution < -0.4 is 10.6 Å². The predicted molar refractivity (Wildman–Crippen MR) is 89.5 cm³/mol.